The highest BCUT2D eigenvalue weighted by Gasteiger charge is 2.00. The zero-order chi connectivity index (χ0) is 9.68. The maximum absolute atomic E-state index is 11.0. The van der Waals surface area contributed by atoms with Crippen molar-refractivity contribution in [3.63, 3.8) is 0 Å². The summed E-state index contributed by atoms with van der Waals surface area (Å²) in [7, 11) is 1.84. The van der Waals surface area contributed by atoms with Crippen molar-refractivity contribution in [2.24, 2.45) is 12.8 Å². The molecule has 0 aromatic carbocycles. The van der Waals surface area contributed by atoms with Crippen molar-refractivity contribution in [1.82, 2.24) is 15.1 Å². The van der Waals surface area contributed by atoms with Gasteiger partial charge in [-0.1, -0.05) is 0 Å². The topological polar surface area (TPSA) is 72.9 Å². The Labute approximate surface area is 89.1 Å². The van der Waals surface area contributed by atoms with Gasteiger partial charge in [-0.25, -0.2) is 0 Å². The molecule has 1 amide bonds. The molecule has 1 aromatic heterocycles. The molecule has 3 N–H and O–H groups in total. The Morgan fingerprint density at radius 3 is 2.93 bits per heavy atom. The SMILES string of the molecule is Cl.Cn1cc(CNC(=O)CCN)cn1. The van der Waals surface area contributed by atoms with Crippen LogP contribution in [0.4, 0.5) is 0 Å². The third-order valence-corrected chi connectivity index (χ3v) is 1.62. The summed E-state index contributed by atoms with van der Waals surface area (Å²) in [4.78, 5) is 11.0. The predicted octanol–water partition coefficient (Wildman–Crippen LogP) is -0.193. The van der Waals surface area contributed by atoms with Gasteiger partial charge in [-0.15, -0.1) is 12.4 Å². The Morgan fingerprint density at radius 2 is 2.43 bits per heavy atom. The van der Waals surface area contributed by atoms with Crippen molar-refractivity contribution in [3.8, 4) is 0 Å². The molecule has 0 aliphatic carbocycles. The summed E-state index contributed by atoms with van der Waals surface area (Å²) in [5.74, 6) is -0.0219. The van der Waals surface area contributed by atoms with Crippen molar-refractivity contribution < 1.29 is 4.79 Å². The summed E-state index contributed by atoms with van der Waals surface area (Å²) in [6.07, 6.45) is 3.96. The molecule has 0 saturated carbocycles. The molecular formula is C8H15ClN4O. The number of hydrogen-bond acceptors (Lipinski definition) is 3. The summed E-state index contributed by atoms with van der Waals surface area (Å²) < 4.78 is 1.70. The second-order valence-corrected chi connectivity index (χ2v) is 2.84. The molecule has 0 saturated heterocycles. The van der Waals surface area contributed by atoms with Crippen LogP contribution in [0, 0.1) is 0 Å². The van der Waals surface area contributed by atoms with Gasteiger partial charge in [-0.3, -0.25) is 9.48 Å². The van der Waals surface area contributed by atoms with Crippen LogP contribution in [-0.2, 0) is 18.4 Å². The van der Waals surface area contributed by atoms with Crippen LogP contribution in [0.15, 0.2) is 12.4 Å². The lowest BCUT2D eigenvalue weighted by atomic mass is 10.3. The number of carbonyl (C=O) groups is 1. The number of amides is 1. The molecule has 1 aromatic rings. The van der Waals surface area contributed by atoms with E-state index in [4.69, 9.17) is 5.73 Å². The molecular weight excluding hydrogens is 204 g/mol. The van der Waals surface area contributed by atoms with Crippen LogP contribution in [0.3, 0.4) is 0 Å². The molecule has 0 unspecified atom stereocenters. The zero-order valence-corrected chi connectivity index (χ0v) is 8.88. The van der Waals surface area contributed by atoms with Gasteiger partial charge in [0.1, 0.15) is 0 Å². The number of nitrogens with two attached hydrogens (primary N) is 1. The van der Waals surface area contributed by atoms with Crippen molar-refractivity contribution in [2.45, 2.75) is 13.0 Å². The minimum atomic E-state index is -0.0219. The third-order valence-electron chi connectivity index (χ3n) is 1.62. The fourth-order valence-electron chi connectivity index (χ4n) is 0.983. The van der Waals surface area contributed by atoms with Gasteiger partial charge in [-0.05, 0) is 0 Å². The lowest BCUT2D eigenvalue weighted by molar-refractivity contribution is -0.121. The fourth-order valence-corrected chi connectivity index (χ4v) is 0.983. The highest BCUT2D eigenvalue weighted by molar-refractivity contribution is 5.85. The smallest absolute Gasteiger partial charge is 0.221 e. The average molecular weight is 219 g/mol. The number of halogens is 1. The van der Waals surface area contributed by atoms with Gasteiger partial charge in [0, 0.05) is 38.3 Å². The Balaban J connectivity index is 0.00000169. The fraction of sp³-hybridized carbons (Fsp3) is 0.500. The maximum Gasteiger partial charge on any atom is 0.221 e. The molecule has 1 rings (SSSR count). The van der Waals surface area contributed by atoms with Gasteiger partial charge in [0.15, 0.2) is 0 Å². The largest absolute Gasteiger partial charge is 0.352 e. The monoisotopic (exact) mass is 218 g/mol. The van der Waals surface area contributed by atoms with Crippen LogP contribution in [0.25, 0.3) is 0 Å². The van der Waals surface area contributed by atoms with E-state index in [1.54, 1.807) is 10.9 Å². The standard InChI is InChI=1S/C8H14N4O.ClH/c1-12-6-7(5-11-12)4-10-8(13)2-3-9;/h5-6H,2-4,9H2,1H3,(H,10,13);1H. The summed E-state index contributed by atoms with van der Waals surface area (Å²) in [6, 6.07) is 0. The molecule has 0 aliphatic rings. The lowest BCUT2D eigenvalue weighted by Gasteiger charge is -2.00. The first-order valence-corrected chi connectivity index (χ1v) is 4.16. The van der Waals surface area contributed by atoms with E-state index in [1.807, 2.05) is 13.2 Å². The van der Waals surface area contributed by atoms with Crippen LogP contribution in [0.1, 0.15) is 12.0 Å². The lowest BCUT2D eigenvalue weighted by Crippen LogP contribution is -2.24. The van der Waals surface area contributed by atoms with E-state index in [0.29, 0.717) is 19.5 Å². The van der Waals surface area contributed by atoms with Gasteiger partial charge in [0.2, 0.25) is 5.91 Å². The molecule has 0 atom stereocenters. The Bertz CT molecular complexity index is 287. The van der Waals surface area contributed by atoms with Gasteiger partial charge in [-0.2, -0.15) is 5.10 Å². The summed E-state index contributed by atoms with van der Waals surface area (Å²) in [5, 5.41) is 6.72. The van der Waals surface area contributed by atoms with Crippen molar-refractivity contribution in [1.29, 1.82) is 0 Å². The predicted molar refractivity (Wildman–Crippen MR) is 56.0 cm³/mol. The Morgan fingerprint density at radius 1 is 1.71 bits per heavy atom. The second-order valence-electron chi connectivity index (χ2n) is 2.84. The minimum absolute atomic E-state index is 0. The van der Waals surface area contributed by atoms with Crippen LogP contribution >= 0.6 is 12.4 Å². The number of aryl methyl sites for hydroxylation is 1. The second kappa shape index (κ2) is 6.39. The van der Waals surface area contributed by atoms with Crippen LogP contribution in [-0.4, -0.2) is 22.2 Å². The third kappa shape index (κ3) is 4.25. The van der Waals surface area contributed by atoms with Crippen LogP contribution in [0.2, 0.25) is 0 Å². The average Bonchev–Trinajstić information content (AvgIpc) is 2.49. The van der Waals surface area contributed by atoms with E-state index >= 15 is 0 Å². The van der Waals surface area contributed by atoms with E-state index < -0.39 is 0 Å². The summed E-state index contributed by atoms with van der Waals surface area (Å²) in [6.45, 7) is 0.908. The molecule has 1 heterocycles. The molecule has 14 heavy (non-hydrogen) atoms. The highest BCUT2D eigenvalue weighted by Crippen LogP contribution is 1.94. The Hall–Kier alpha value is -1.07. The number of nitrogens with zero attached hydrogens (tertiary/aromatic N) is 2. The minimum Gasteiger partial charge on any atom is -0.352 e. The van der Waals surface area contributed by atoms with E-state index in [2.05, 4.69) is 10.4 Å². The van der Waals surface area contributed by atoms with Crippen LogP contribution in [0.5, 0.6) is 0 Å². The van der Waals surface area contributed by atoms with E-state index in [-0.39, 0.29) is 18.3 Å². The van der Waals surface area contributed by atoms with Gasteiger partial charge in [0.25, 0.3) is 0 Å². The zero-order valence-electron chi connectivity index (χ0n) is 8.06. The number of rotatable bonds is 4. The van der Waals surface area contributed by atoms with Gasteiger partial charge >= 0.3 is 0 Å². The number of nitrogens with one attached hydrogen (secondary N) is 1. The molecule has 5 nitrogen and oxygen atoms in total. The van der Waals surface area contributed by atoms with E-state index in [9.17, 15) is 4.79 Å². The van der Waals surface area contributed by atoms with Crippen molar-refractivity contribution in [2.75, 3.05) is 6.54 Å². The van der Waals surface area contributed by atoms with E-state index in [1.165, 1.54) is 0 Å². The first kappa shape index (κ1) is 12.9. The number of aromatic nitrogens is 2. The molecule has 0 fully saturated rings. The molecule has 6 heteroatoms. The summed E-state index contributed by atoms with van der Waals surface area (Å²) in [5.41, 5.74) is 6.22. The molecule has 0 spiro atoms. The van der Waals surface area contributed by atoms with E-state index in [0.717, 1.165) is 5.56 Å². The molecule has 0 aliphatic heterocycles. The van der Waals surface area contributed by atoms with Crippen LogP contribution < -0.4 is 11.1 Å². The molecule has 0 radical (unpaired) electrons. The maximum atomic E-state index is 11.0. The van der Waals surface area contributed by atoms with Gasteiger partial charge in [0.05, 0.1) is 6.20 Å². The normalized spacial score (nSPS) is 9.29. The molecule has 80 valence electrons. The summed E-state index contributed by atoms with van der Waals surface area (Å²) >= 11 is 0. The Kier molecular flexibility index (Phi) is 5.91. The van der Waals surface area contributed by atoms with Gasteiger partial charge < -0.3 is 11.1 Å². The molecule has 0 bridgehead atoms. The number of hydrogen-bond donors (Lipinski definition) is 2. The first-order chi connectivity index (χ1) is 6.22. The first-order valence-electron chi connectivity index (χ1n) is 4.16. The quantitative estimate of drug-likeness (QED) is 0.736. The highest BCUT2D eigenvalue weighted by atomic mass is 35.5. The number of carbonyl (C=O) groups excluding carboxylic acids is 1. The van der Waals surface area contributed by atoms with Crippen molar-refractivity contribution >= 4 is 18.3 Å². The van der Waals surface area contributed by atoms with Crippen molar-refractivity contribution in [3.05, 3.63) is 18.0 Å².